The number of nitro groups is 1. The van der Waals surface area contributed by atoms with Crippen LogP contribution in [0.4, 0.5) is 11.4 Å². The van der Waals surface area contributed by atoms with E-state index in [2.05, 4.69) is 0 Å². The number of phenols is 1. The number of ether oxygens (including phenoxy) is 1. The molecule has 1 N–H and O–H groups in total. The number of anilines is 1. The lowest BCUT2D eigenvalue weighted by atomic mass is 10.1. The van der Waals surface area contributed by atoms with Crippen molar-refractivity contribution in [2.75, 3.05) is 26.1 Å². The van der Waals surface area contributed by atoms with E-state index in [9.17, 15) is 24.8 Å². The van der Waals surface area contributed by atoms with E-state index in [-0.39, 0.29) is 23.4 Å². The lowest BCUT2D eigenvalue weighted by Gasteiger charge is -2.12. The topological polar surface area (TPSA) is 110 Å². The number of carbonyl (C=O) groups excluding carboxylic acids is 2. The summed E-state index contributed by atoms with van der Waals surface area (Å²) in [6.45, 7) is 0. The highest BCUT2D eigenvalue weighted by molar-refractivity contribution is 6.11. The Bertz CT molecular complexity index is 1020. The van der Waals surface area contributed by atoms with Crippen molar-refractivity contribution in [2.45, 2.75) is 6.42 Å². The number of allylic oxidation sites excluding steroid dienone is 2. The fraction of sp³-hybridized carbons (Fsp3) is 0.182. The lowest BCUT2D eigenvalue weighted by molar-refractivity contribution is -0.385. The van der Waals surface area contributed by atoms with Crippen molar-refractivity contribution in [3.63, 3.8) is 0 Å². The average molecular weight is 410 g/mol. The molecule has 156 valence electrons. The average Bonchev–Trinajstić information content (AvgIpc) is 2.70. The molecule has 2 rings (SSSR count). The van der Waals surface area contributed by atoms with Gasteiger partial charge in [-0.3, -0.25) is 19.7 Å². The highest BCUT2D eigenvalue weighted by Gasteiger charge is 2.14. The minimum Gasteiger partial charge on any atom is -0.504 e. The number of hydrogen-bond acceptors (Lipinski definition) is 7. The van der Waals surface area contributed by atoms with Gasteiger partial charge >= 0.3 is 0 Å². The van der Waals surface area contributed by atoms with Crippen LogP contribution in [0.1, 0.15) is 17.5 Å². The first-order valence-corrected chi connectivity index (χ1v) is 8.96. The number of nitrogens with zero attached hydrogens (tertiary/aromatic N) is 2. The quantitative estimate of drug-likeness (QED) is 0.291. The fourth-order valence-electron chi connectivity index (χ4n) is 2.58. The molecule has 0 heterocycles. The Balaban J connectivity index is 2.04. The van der Waals surface area contributed by atoms with Gasteiger partial charge in [0, 0.05) is 25.8 Å². The van der Waals surface area contributed by atoms with E-state index in [1.165, 1.54) is 37.5 Å². The predicted molar refractivity (Wildman–Crippen MR) is 115 cm³/mol. The molecule has 0 unspecified atom stereocenters. The third-order valence-corrected chi connectivity index (χ3v) is 4.19. The Hall–Kier alpha value is -3.94. The minimum absolute atomic E-state index is 0.0620. The first kappa shape index (κ1) is 22.4. The van der Waals surface area contributed by atoms with Crippen LogP contribution in [0.5, 0.6) is 11.5 Å². The van der Waals surface area contributed by atoms with E-state index < -0.39 is 16.5 Å². The summed E-state index contributed by atoms with van der Waals surface area (Å²) in [5, 5.41) is 21.0. The number of hydrogen-bond donors (Lipinski definition) is 1. The van der Waals surface area contributed by atoms with Crippen molar-refractivity contribution in [3.8, 4) is 11.5 Å². The molecule has 0 fully saturated rings. The van der Waals surface area contributed by atoms with Crippen LogP contribution in [0.25, 0.3) is 12.2 Å². The molecule has 8 nitrogen and oxygen atoms in total. The van der Waals surface area contributed by atoms with E-state index in [1.54, 1.807) is 43.3 Å². The molecule has 0 bridgehead atoms. The van der Waals surface area contributed by atoms with Crippen LogP contribution in [0.3, 0.4) is 0 Å². The second-order valence-electron chi connectivity index (χ2n) is 6.60. The molecule has 0 radical (unpaired) electrons. The zero-order chi connectivity index (χ0) is 22.3. The van der Waals surface area contributed by atoms with Gasteiger partial charge in [-0.25, -0.2) is 0 Å². The van der Waals surface area contributed by atoms with Crippen molar-refractivity contribution in [2.24, 2.45) is 0 Å². The third-order valence-electron chi connectivity index (χ3n) is 4.19. The molecule has 2 aromatic carbocycles. The molecule has 8 heteroatoms. The van der Waals surface area contributed by atoms with Crippen molar-refractivity contribution < 1.29 is 24.4 Å². The third kappa shape index (κ3) is 6.03. The number of carbonyl (C=O) groups is 2. The first-order valence-electron chi connectivity index (χ1n) is 8.96. The molecule has 0 spiro atoms. The maximum absolute atomic E-state index is 12.1. The lowest BCUT2D eigenvalue weighted by Crippen LogP contribution is -2.09. The van der Waals surface area contributed by atoms with Gasteiger partial charge in [-0.15, -0.1) is 0 Å². The molecule has 30 heavy (non-hydrogen) atoms. The normalized spacial score (nSPS) is 11.0. The number of rotatable bonds is 9. The number of nitro benzene ring substituents is 1. The summed E-state index contributed by atoms with van der Waals surface area (Å²) in [7, 11) is 4.97. The number of phenolic OH excluding ortho intramolecular Hbond substituents is 1. The predicted octanol–water partition coefficient (Wildman–Crippen LogP) is 3.63. The largest absolute Gasteiger partial charge is 0.504 e. The van der Waals surface area contributed by atoms with Gasteiger partial charge in [-0.2, -0.15) is 0 Å². The van der Waals surface area contributed by atoms with Crippen molar-refractivity contribution in [3.05, 3.63) is 69.8 Å². The molecule has 0 aromatic heterocycles. The van der Waals surface area contributed by atoms with Gasteiger partial charge < -0.3 is 14.7 Å². The Morgan fingerprint density at radius 2 is 1.77 bits per heavy atom. The van der Waals surface area contributed by atoms with E-state index in [0.29, 0.717) is 17.0 Å². The van der Waals surface area contributed by atoms with Gasteiger partial charge in [0.2, 0.25) is 0 Å². The standard InChI is InChI=1S/C22H22N2O6/c1-23(2)17-8-6-16(20(13-17)24(28)29)7-10-19(26)14-18(25)9-4-15-5-11-22(30-3)21(27)12-15/h4-13,27H,14H2,1-3H3. The summed E-state index contributed by atoms with van der Waals surface area (Å²) in [5.41, 5.74) is 1.38. The van der Waals surface area contributed by atoms with Crippen LogP contribution in [-0.4, -0.2) is 42.8 Å². The molecular formula is C22H22N2O6. The van der Waals surface area contributed by atoms with E-state index in [4.69, 9.17) is 4.74 Å². The summed E-state index contributed by atoms with van der Waals surface area (Å²) < 4.78 is 4.95. The monoisotopic (exact) mass is 410 g/mol. The summed E-state index contributed by atoms with van der Waals surface area (Å²) in [5.74, 6) is -0.662. The smallest absolute Gasteiger partial charge is 0.278 e. The van der Waals surface area contributed by atoms with E-state index in [1.807, 2.05) is 0 Å². The van der Waals surface area contributed by atoms with Gasteiger partial charge in [0.1, 0.15) is 0 Å². The minimum atomic E-state index is -0.519. The molecule has 0 aliphatic heterocycles. The SMILES string of the molecule is COc1ccc(C=CC(=O)CC(=O)C=Cc2ccc(N(C)C)cc2[N+](=O)[O-])cc1O. The first-order chi connectivity index (χ1) is 14.2. The molecule has 2 aromatic rings. The van der Waals surface area contributed by atoms with Crippen molar-refractivity contribution >= 4 is 35.1 Å². The van der Waals surface area contributed by atoms with Crippen LogP contribution >= 0.6 is 0 Å². The number of ketones is 2. The van der Waals surface area contributed by atoms with Crippen LogP contribution in [0.15, 0.2) is 48.6 Å². The molecule has 0 saturated carbocycles. The molecule has 0 amide bonds. The summed E-state index contributed by atoms with van der Waals surface area (Å²) in [6, 6.07) is 9.32. The second-order valence-corrected chi connectivity index (χ2v) is 6.60. The van der Waals surface area contributed by atoms with Crippen LogP contribution in [0.2, 0.25) is 0 Å². The maximum Gasteiger partial charge on any atom is 0.278 e. The summed E-state index contributed by atoms with van der Waals surface area (Å²) in [4.78, 5) is 36.6. The highest BCUT2D eigenvalue weighted by atomic mass is 16.6. The molecular weight excluding hydrogens is 388 g/mol. The summed E-state index contributed by atoms with van der Waals surface area (Å²) >= 11 is 0. The van der Waals surface area contributed by atoms with E-state index >= 15 is 0 Å². The van der Waals surface area contributed by atoms with Crippen LogP contribution in [-0.2, 0) is 9.59 Å². The Labute approximate surface area is 173 Å². The number of benzene rings is 2. The second kappa shape index (κ2) is 10.0. The van der Waals surface area contributed by atoms with Gasteiger partial charge in [-0.05, 0) is 48.1 Å². The van der Waals surface area contributed by atoms with E-state index in [0.717, 1.165) is 6.08 Å². The van der Waals surface area contributed by atoms with Crippen molar-refractivity contribution in [1.29, 1.82) is 0 Å². The molecule has 0 aliphatic carbocycles. The number of methoxy groups -OCH3 is 1. The zero-order valence-corrected chi connectivity index (χ0v) is 16.9. The highest BCUT2D eigenvalue weighted by Crippen LogP contribution is 2.27. The van der Waals surface area contributed by atoms with Gasteiger partial charge in [0.15, 0.2) is 23.1 Å². The van der Waals surface area contributed by atoms with Crippen LogP contribution < -0.4 is 9.64 Å². The molecule has 0 aliphatic rings. The maximum atomic E-state index is 12.1. The Morgan fingerprint density at radius 1 is 1.10 bits per heavy atom. The Kier molecular flexibility index (Phi) is 7.46. The molecule has 0 atom stereocenters. The fourth-order valence-corrected chi connectivity index (χ4v) is 2.58. The number of aromatic hydroxyl groups is 1. The summed E-state index contributed by atoms with van der Waals surface area (Å²) in [6.07, 6.45) is 4.82. The van der Waals surface area contributed by atoms with Crippen molar-refractivity contribution in [1.82, 2.24) is 0 Å². The Morgan fingerprint density at radius 3 is 2.33 bits per heavy atom. The zero-order valence-electron chi connectivity index (χ0n) is 16.9. The van der Waals surface area contributed by atoms with Gasteiger partial charge in [-0.1, -0.05) is 12.1 Å². The molecule has 0 saturated heterocycles. The van der Waals surface area contributed by atoms with Crippen LogP contribution in [0, 0.1) is 10.1 Å². The van der Waals surface area contributed by atoms with Gasteiger partial charge in [0.25, 0.3) is 5.69 Å². The van der Waals surface area contributed by atoms with Gasteiger partial charge in [0.05, 0.1) is 24.0 Å².